The fourth-order valence-electron chi connectivity index (χ4n) is 2.14. The lowest BCUT2D eigenvalue weighted by Gasteiger charge is -2.27. The van der Waals surface area contributed by atoms with E-state index in [1.165, 1.54) is 12.1 Å². The van der Waals surface area contributed by atoms with Crippen molar-refractivity contribution in [1.82, 2.24) is 14.9 Å². The zero-order valence-electron chi connectivity index (χ0n) is 8.33. The minimum absolute atomic E-state index is 0.649. The summed E-state index contributed by atoms with van der Waals surface area (Å²) < 4.78 is 2.13. The highest BCUT2D eigenvalue weighted by molar-refractivity contribution is 5.08. The molecule has 0 radical (unpaired) electrons. The van der Waals surface area contributed by atoms with E-state index in [-0.39, 0.29) is 0 Å². The van der Waals surface area contributed by atoms with Gasteiger partial charge in [-0.1, -0.05) is 6.92 Å². The predicted molar refractivity (Wildman–Crippen MR) is 52.6 cm³/mol. The summed E-state index contributed by atoms with van der Waals surface area (Å²) in [5.74, 6) is 1.44. The lowest BCUT2D eigenvalue weighted by molar-refractivity contribution is 0.355. The second kappa shape index (κ2) is 3.50. The summed E-state index contributed by atoms with van der Waals surface area (Å²) in [6.45, 7) is 4.56. The normalized spacial score (nSPS) is 29.1. The van der Waals surface area contributed by atoms with Crippen molar-refractivity contribution < 1.29 is 0 Å². The number of imidazole rings is 1. The van der Waals surface area contributed by atoms with E-state index in [9.17, 15) is 0 Å². The molecule has 1 saturated heterocycles. The van der Waals surface area contributed by atoms with Gasteiger partial charge in [0.25, 0.3) is 0 Å². The summed E-state index contributed by atoms with van der Waals surface area (Å²) in [4.78, 5) is 4.16. The number of piperidine rings is 1. The number of nitrogens with one attached hydrogen (secondary N) is 1. The predicted octanol–water partition coefficient (Wildman–Crippen LogP) is 1.13. The summed E-state index contributed by atoms with van der Waals surface area (Å²) >= 11 is 0. The van der Waals surface area contributed by atoms with Crippen LogP contribution < -0.4 is 5.32 Å². The minimum Gasteiger partial charge on any atom is -0.337 e. The average molecular weight is 179 g/mol. The van der Waals surface area contributed by atoms with Gasteiger partial charge in [-0.2, -0.15) is 0 Å². The molecule has 0 aromatic carbocycles. The largest absolute Gasteiger partial charge is 0.337 e. The topological polar surface area (TPSA) is 29.9 Å². The molecule has 13 heavy (non-hydrogen) atoms. The number of hydrogen-bond donors (Lipinski definition) is 1. The Labute approximate surface area is 79.2 Å². The SMILES string of the molecule is CC1CNCC(c2cncn2C)C1. The second-order valence-corrected chi connectivity index (χ2v) is 4.13. The smallest absolute Gasteiger partial charge is 0.0945 e. The highest BCUT2D eigenvalue weighted by Crippen LogP contribution is 2.25. The third-order valence-electron chi connectivity index (χ3n) is 2.84. The van der Waals surface area contributed by atoms with Crippen LogP contribution in [0.25, 0.3) is 0 Å². The van der Waals surface area contributed by atoms with E-state index >= 15 is 0 Å². The maximum Gasteiger partial charge on any atom is 0.0945 e. The molecular weight excluding hydrogens is 162 g/mol. The second-order valence-electron chi connectivity index (χ2n) is 4.13. The van der Waals surface area contributed by atoms with Gasteiger partial charge in [-0.25, -0.2) is 4.98 Å². The fraction of sp³-hybridized carbons (Fsp3) is 0.700. The van der Waals surface area contributed by atoms with Gasteiger partial charge < -0.3 is 9.88 Å². The highest BCUT2D eigenvalue weighted by Gasteiger charge is 2.21. The number of aryl methyl sites for hydroxylation is 1. The molecule has 3 nitrogen and oxygen atoms in total. The van der Waals surface area contributed by atoms with Crippen LogP contribution in [0, 0.1) is 5.92 Å². The van der Waals surface area contributed by atoms with Gasteiger partial charge >= 0.3 is 0 Å². The van der Waals surface area contributed by atoms with Crippen molar-refractivity contribution in [2.24, 2.45) is 13.0 Å². The standard InChI is InChI=1S/C10H17N3/c1-8-3-9(5-11-4-8)10-6-12-7-13(10)2/h6-9,11H,3-5H2,1-2H3. The summed E-state index contributed by atoms with van der Waals surface area (Å²) in [6.07, 6.45) is 5.16. The monoisotopic (exact) mass is 179 g/mol. The zero-order chi connectivity index (χ0) is 9.26. The molecule has 72 valence electrons. The molecule has 3 heteroatoms. The molecule has 2 atom stereocenters. The molecule has 1 aromatic rings. The van der Waals surface area contributed by atoms with Crippen molar-refractivity contribution in [2.45, 2.75) is 19.3 Å². The maximum atomic E-state index is 4.16. The van der Waals surface area contributed by atoms with Crippen LogP contribution in [0.1, 0.15) is 25.0 Å². The molecule has 1 aliphatic heterocycles. The van der Waals surface area contributed by atoms with E-state index in [0.717, 1.165) is 19.0 Å². The van der Waals surface area contributed by atoms with Crippen LogP contribution in [0.4, 0.5) is 0 Å². The van der Waals surface area contributed by atoms with Gasteiger partial charge in [-0.05, 0) is 18.9 Å². The molecule has 1 aromatic heterocycles. The zero-order valence-corrected chi connectivity index (χ0v) is 8.33. The molecule has 0 spiro atoms. The number of aromatic nitrogens is 2. The Hall–Kier alpha value is -0.830. The van der Waals surface area contributed by atoms with Gasteiger partial charge in [0.2, 0.25) is 0 Å². The van der Waals surface area contributed by atoms with Crippen molar-refractivity contribution in [2.75, 3.05) is 13.1 Å². The Balaban J connectivity index is 2.12. The van der Waals surface area contributed by atoms with Crippen molar-refractivity contribution in [1.29, 1.82) is 0 Å². The van der Waals surface area contributed by atoms with E-state index in [1.807, 2.05) is 12.5 Å². The van der Waals surface area contributed by atoms with Gasteiger partial charge in [0.1, 0.15) is 0 Å². The number of rotatable bonds is 1. The Bertz CT molecular complexity index is 279. The van der Waals surface area contributed by atoms with Crippen LogP contribution in [0.3, 0.4) is 0 Å². The van der Waals surface area contributed by atoms with E-state index in [4.69, 9.17) is 0 Å². The van der Waals surface area contributed by atoms with Crippen LogP contribution in [-0.2, 0) is 7.05 Å². The summed E-state index contributed by atoms with van der Waals surface area (Å²) in [7, 11) is 2.07. The molecule has 0 aliphatic carbocycles. The highest BCUT2D eigenvalue weighted by atomic mass is 15.0. The van der Waals surface area contributed by atoms with Gasteiger partial charge in [0.05, 0.1) is 6.33 Å². The molecule has 0 bridgehead atoms. The van der Waals surface area contributed by atoms with Gasteiger partial charge in [-0.3, -0.25) is 0 Å². The maximum absolute atomic E-state index is 4.16. The van der Waals surface area contributed by atoms with Crippen LogP contribution >= 0.6 is 0 Å². The summed E-state index contributed by atoms with van der Waals surface area (Å²) in [5, 5.41) is 3.46. The Kier molecular flexibility index (Phi) is 2.36. The first-order chi connectivity index (χ1) is 6.27. The van der Waals surface area contributed by atoms with Gasteiger partial charge in [0, 0.05) is 31.4 Å². The minimum atomic E-state index is 0.649. The third kappa shape index (κ3) is 1.75. The van der Waals surface area contributed by atoms with Crippen molar-refractivity contribution in [3.8, 4) is 0 Å². The fourth-order valence-corrected chi connectivity index (χ4v) is 2.14. The molecular formula is C10H17N3. The lowest BCUT2D eigenvalue weighted by atomic mass is 9.90. The van der Waals surface area contributed by atoms with Crippen LogP contribution in [0.15, 0.2) is 12.5 Å². The summed E-state index contributed by atoms with van der Waals surface area (Å²) in [5.41, 5.74) is 1.36. The van der Waals surface area contributed by atoms with E-state index in [1.54, 1.807) is 0 Å². The van der Waals surface area contributed by atoms with Crippen molar-refractivity contribution >= 4 is 0 Å². The van der Waals surface area contributed by atoms with E-state index in [0.29, 0.717) is 5.92 Å². The van der Waals surface area contributed by atoms with Gasteiger partial charge in [-0.15, -0.1) is 0 Å². The molecule has 2 heterocycles. The Morgan fingerprint density at radius 3 is 3.00 bits per heavy atom. The quantitative estimate of drug-likeness (QED) is 0.700. The van der Waals surface area contributed by atoms with Crippen molar-refractivity contribution in [3.63, 3.8) is 0 Å². The third-order valence-corrected chi connectivity index (χ3v) is 2.84. The molecule has 2 unspecified atom stereocenters. The Morgan fingerprint density at radius 1 is 1.54 bits per heavy atom. The first-order valence-electron chi connectivity index (χ1n) is 4.94. The lowest BCUT2D eigenvalue weighted by Crippen LogP contribution is -2.34. The average Bonchev–Trinajstić information content (AvgIpc) is 2.51. The first kappa shape index (κ1) is 8.75. The number of nitrogens with zero attached hydrogens (tertiary/aromatic N) is 2. The molecule has 1 N–H and O–H groups in total. The van der Waals surface area contributed by atoms with E-state index in [2.05, 4.69) is 28.8 Å². The summed E-state index contributed by atoms with van der Waals surface area (Å²) in [6, 6.07) is 0. The molecule has 1 fully saturated rings. The van der Waals surface area contributed by atoms with E-state index < -0.39 is 0 Å². The van der Waals surface area contributed by atoms with Crippen LogP contribution in [0.2, 0.25) is 0 Å². The molecule has 1 aliphatic rings. The van der Waals surface area contributed by atoms with Crippen LogP contribution in [-0.4, -0.2) is 22.6 Å². The van der Waals surface area contributed by atoms with Gasteiger partial charge in [0.15, 0.2) is 0 Å². The Morgan fingerprint density at radius 2 is 2.38 bits per heavy atom. The van der Waals surface area contributed by atoms with Crippen molar-refractivity contribution in [3.05, 3.63) is 18.2 Å². The number of hydrogen-bond acceptors (Lipinski definition) is 2. The molecule has 2 rings (SSSR count). The first-order valence-corrected chi connectivity index (χ1v) is 4.94. The molecule has 0 amide bonds. The molecule has 0 saturated carbocycles. The van der Waals surface area contributed by atoms with Crippen LogP contribution in [0.5, 0.6) is 0 Å².